The molecule has 7 nitrogen and oxygen atoms in total. The fourth-order valence-corrected chi connectivity index (χ4v) is 3.71. The zero-order valence-corrected chi connectivity index (χ0v) is 17.5. The van der Waals surface area contributed by atoms with Crippen LogP contribution in [0.3, 0.4) is 0 Å². The minimum absolute atomic E-state index is 0.124. The Hall–Kier alpha value is -3.26. The van der Waals surface area contributed by atoms with Crippen LogP contribution in [0.15, 0.2) is 53.4 Å². The number of amides is 3. The van der Waals surface area contributed by atoms with Crippen molar-refractivity contribution in [2.45, 2.75) is 6.42 Å². The number of methoxy groups -OCH3 is 2. The van der Waals surface area contributed by atoms with E-state index >= 15 is 0 Å². The fourth-order valence-electron chi connectivity index (χ4n) is 2.84. The van der Waals surface area contributed by atoms with E-state index in [9.17, 15) is 14.4 Å². The average Bonchev–Trinajstić information content (AvgIpc) is 3.02. The molecule has 8 heteroatoms. The highest BCUT2D eigenvalue weighted by molar-refractivity contribution is 8.18. The van der Waals surface area contributed by atoms with Crippen LogP contribution in [0.2, 0.25) is 0 Å². The first-order chi connectivity index (χ1) is 14.5. The molecule has 30 heavy (non-hydrogen) atoms. The van der Waals surface area contributed by atoms with Crippen LogP contribution in [0.25, 0.3) is 6.08 Å². The number of hydrogen-bond acceptors (Lipinski definition) is 6. The van der Waals surface area contributed by atoms with Gasteiger partial charge in [-0.2, -0.15) is 0 Å². The van der Waals surface area contributed by atoms with E-state index in [4.69, 9.17) is 9.47 Å². The molecule has 156 valence electrons. The molecule has 1 aliphatic heterocycles. The summed E-state index contributed by atoms with van der Waals surface area (Å²) in [6.45, 7) is 0.321. The van der Waals surface area contributed by atoms with E-state index < -0.39 is 0 Å². The molecule has 2 aromatic rings. The summed E-state index contributed by atoms with van der Waals surface area (Å²) in [5.41, 5.74) is 1.65. The molecule has 0 saturated carbocycles. The molecule has 0 unspecified atom stereocenters. The van der Waals surface area contributed by atoms with Gasteiger partial charge in [0.15, 0.2) is 0 Å². The van der Waals surface area contributed by atoms with E-state index in [2.05, 4.69) is 5.32 Å². The van der Waals surface area contributed by atoms with Gasteiger partial charge in [-0.05, 0) is 53.2 Å². The molecular weight excluding hydrogens is 404 g/mol. The maximum atomic E-state index is 12.5. The van der Waals surface area contributed by atoms with E-state index in [1.807, 2.05) is 24.3 Å². The lowest BCUT2D eigenvalue weighted by Gasteiger charge is -2.13. The maximum Gasteiger partial charge on any atom is 0.293 e. The summed E-state index contributed by atoms with van der Waals surface area (Å²) in [5, 5.41) is 2.40. The van der Waals surface area contributed by atoms with E-state index in [1.165, 1.54) is 0 Å². The van der Waals surface area contributed by atoms with Crippen LogP contribution in [0.5, 0.6) is 11.5 Å². The average molecular weight is 426 g/mol. The lowest BCUT2D eigenvalue weighted by atomic mass is 10.1. The molecule has 3 amide bonds. The Morgan fingerprint density at radius 1 is 1.00 bits per heavy atom. The largest absolute Gasteiger partial charge is 0.497 e. The lowest BCUT2D eigenvalue weighted by Crippen LogP contribution is -2.37. The highest BCUT2D eigenvalue weighted by atomic mass is 32.2. The first kappa shape index (κ1) is 21.4. The molecule has 1 aliphatic rings. The van der Waals surface area contributed by atoms with E-state index in [0.717, 1.165) is 33.5 Å². The first-order valence-electron chi connectivity index (χ1n) is 9.29. The van der Waals surface area contributed by atoms with Crippen LogP contribution in [0.1, 0.15) is 11.1 Å². The van der Waals surface area contributed by atoms with Crippen LogP contribution in [-0.4, -0.2) is 49.3 Å². The monoisotopic (exact) mass is 426 g/mol. The van der Waals surface area contributed by atoms with Gasteiger partial charge in [0.25, 0.3) is 11.1 Å². The van der Waals surface area contributed by atoms with E-state index in [-0.39, 0.29) is 36.6 Å². The van der Waals surface area contributed by atoms with Crippen LogP contribution >= 0.6 is 11.8 Å². The Morgan fingerprint density at radius 3 is 2.20 bits per heavy atom. The SMILES string of the molecule is COc1ccc(C=C2SC(=O)N(CCNC(=O)Cc3ccc(OC)cc3)C2=O)cc1. The maximum absolute atomic E-state index is 12.5. The number of carbonyl (C=O) groups excluding carboxylic acids is 3. The third-order valence-corrected chi connectivity index (χ3v) is 5.38. The number of rotatable bonds is 8. The lowest BCUT2D eigenvalue weighted by molar-refractivity contribution is -0.124. The highest BCUT2D eigenvalue weighted by Gasteiger charge is 2.34. The highest BCUT2D eigenvalue weighted by Crippen LogP contribution is 2.32. The van der Waals surface area contributed by atoms with Crippen molar-refractivity contribution in [3.05, 3.63) is 64.6 Å². The van der Waals surface area contributed by atoms with Crippen molar-refractivity contribution in [1.29, 1.82) is 0 Å². The minimum atomic E-state index is -0.356. The quantitative estimate of drug-likeness (QED) is 0.653. The van der Waals surface area contributed by atoms with Crippen molar-refractivity contribution in [2.24, 2.45) is 0 Å². The Balaban J connectivity index is 1.51. The van der Waals surface area contributed by atoms with Gasteiger partial charge in [-0.1, -0.05) is 24.3 Å². The third-order valence-electron chi connectivity index (χ3n) is 4.47. The van der Waals surface area contributed by atoms with Crippen molar-refractivity contribution in [3.63, 3.8) is 0 Å². The summed E-state index contributed by atoms with van der Waals surface area (Å²) >= 11 is 0.894. The van der Waals surface area contributed by atoms with Crippen LogP contribution in [0, 0.1) is 0 Å². The summed E-state index contributed by atoms with van der Waals surface area (Å²) in [7, 11) is 3.16. The normalized spacial score (nSPS) is 14.9. The molecule has 0 atom stereocenters. The Morgan fingerprint density at radius 2 is 1.60 bits per heavy atom. The molecule has 1 N–H and O–H groups in total. The fraction of sp³-hybridized carbons (Fsp3) is 0.227. The number of imide groups is 1. The standard InChI is InChI=1S/C22H22N2O5S/c1-28-17-7-3-15(4-8-17)13-19-21(26)24(22(27)30-19)12-11-23-20(25)14-16-5-9-18(29-2)10-6-16/h3-10,13H,11-12,14H2,1-2H3,(H,23,25). The van der Waals surface area contributed by atoms with Gasteiger partial charge in [-0.25, -0.2) is 0 Å². The number of thioether (sulfide) groups is 1. The molecule has 1 saturated heterocycles. The number of nitrogens with zero attached hydrogens (tertiary/aromatic N) is 1. The van der Waals surface area contributed by atoms with Gasteiger partial charge in [0.1, 0.15) is 11.5 Å². The Bertz CT molecular complexity index is 954. The molecule has 1 heterocycles. The predicted molar refractivity (Wildman–Crippen MR) is 115 cm³/mol. The number of carbonyl (C=O) groups is 3. The topological polar surface area (TPSA) is 84.9 Å². The zero-order valence-electron chi connectivity index (χ0n) is 16.7. The van der Waals surface area contributed by atoms with Gasteiger partial charge < -0.3 is 14.8 Å². The summed E-state index contributed by atoms with van der Waals surface area (Å²) in [6.07, 6.45) is 1.88. The van der Waals surface area contributed by atoms with Crippen molar-refractivity contribution < 1.29 is 23.9 Å². The molecule has 0 bridgehead atoms. The zero-order chi connectivity index (χ0) is 21.5. The smallest absolute Gasteiger partial charge is 0.293 e. The minimum Gasteiger partial charge on any atom is -0.497 e. The van der Waals surface area contributed by atoms with Gasteiger partial charge in [0.05, 0.1) is 25.5 Å². The van der Waals surface area contributed by atoms with Crippen molar-refractivity contribution in [3.8, 4) is 11.5 Å². The molecule has 0 aromatic heterocycles. The van der Waals surface area contributed by atoms with E-state index in [0.29, 0.717) is 10.7 Å². The summed E-state index contributed by atoms with van der Waals surface area (Å²) in [6, 6.07) is 14.4. The molecule has 3 rings (SSSR count). The predicted octanol–water partition coefficient (Wildman–Crippen LogP) is 3.10. The van der Waals surface area contributed by atoms with Crippen LogP contribution in [0.4, 0.5) is 4.79 Å². The molecule has 0 spiro atoms. The van der Waals surface area contributed by atoms with Crippen LogP contribution in [-0.2, 0) is 16.0 Å². The summed E-state index contributed by atoms with van der Waals surface area (Å²) in [5.74, 6) is 0.901. The number of ether oxygens (including phenoxy) is 2. The van der Waals surface area contributed by atoms with Crippen molar-refractivity contribution >= 4 is 34.9 Å². The van der Waals surface area contributed by atoms with Crippen LogP contribution < -0.4 is 14.8 Å². The third kappa shape index (κ3) is 5.42. The second-order valence-electron chi connectivity index (χ2n) is 6.48. The first-order valence-corrected chi connectivity index (χ1v) is 10.1. The van der Waals surface area contributed by atoms with Gasteiger partial charge in [-0.3, -0.25) is 19.3 Å². The molecule has 0 radical (unpaired) electrons. The number of nitrogens with one attached hydrogen (secondary N) is 1. The Kier molecular flexibility index (Phi) is 7.13. The van der Waals surface area contributed by atoms with Crippen molar-refractivity contribution in [2.75, 3.05) is 27.3 Å². The number of hydrogen-bond donors (Lipinski definition) is 1. The second-order valence-corrected chi connectivity index (χ2v) is 7.47. The van der Waals surface area contributed by atoms with E-state index in [1.54, 1.807) is 44.6 Å². The van der Waals surface area contributed by atoms with Crippen molar-refractivity contribution in [1.82, 2.24) is 10.2 Å². The van der Waals surface area contributed by atoms with Gasteiger partial charge in [0.2, 0.25) is 5.91 Å². The Labute approximate surface area is 179 Å². The molecule has 2 aromatic carbocycles. The van der Waals surface area contributed by atoms with Gasteiger partial charge in [0, 0.05) is 13.1 Å². The van der Waals surface area contributed by atoms with Gasteiger partial charge >= 0.3 is 0 Å². The summed E-state index contributed by atoms with van der Waals surface area (Å²) in [4.78, 5) is 38.3. The number of benzene rings is 2. The second kappa shape index (κ2) is 9.98. The summed E-state index contributed by atoms with van der Waals surface area (Å²) < 4.78 is 10.2. The molecule has 0 aliphatic carbocycles. The van der Waals surface area contributed by atoms with Gasteiger partial charge in [-0.15, -0.1) is 0 Å². The molecular formula is C22H22N2O5S. The molecule has 1 fully saturated rings.